The van der Waals surface area contributed by atoms with E-state index >= 15 is 0 Å². The third kappa shape index (κ3) is 4.36. The molecule has 126 valence electrons. The average molecular weight is 345 g/mol. The zero-order valence-electron chi connectivity index (χ0n) is 14.0. The van der Waals surface area contributed by atoms with Gasteiger partial charge >= 0.3 is 0 Å². The molecule has 0 spiro atoms. The van der Waals surface area contributed by atoms with Crippen LogP contribution in [-0.2, 0) is 9.59 Å². The Balaban J connectivity index is 2.03. The number of halogens is 1. The van der Waals surface area contributed by atoms with E-state index in [1.165, 1.54) is 0 Å². The van der Waals surface area contributed by atoms with Crippen molar-refractivity contribution in [2.45, 2.75) is 26.8 Å². The molecule has 1 unspecified atom stereocenters. The molecule has 0 saturated carbocycles. The van der Waals surface area contributed by atoms with Gasteiger partial charge in [0.15, 0.2) is 0 Å². The minimum absolute atomic E-state index is 0.179. The van der Waals surface area contributed by atoms with E-state index in [9.17, 15) is 9.59 Å². The lowest BCUT2D eigenvalue weighted by atomic mass is 9.90. The van der Waals surface area contributed by atoms with Crippen LogP contribution in [0.25, 0.3) is 0 Å². The monoisotopic (exact) mass is 344 g/mol. The zero-order chi connectivity index (χ0) is 17.7. The Hall–Kier alpha value is -2.33. The number of rotatable bonds is 5. The van der Waals surface area contributed by atoms with Gasteiger partial charge in [-0.1, -0.05) is 41.9 Å². The largest absolute Gasteiger partial charge is 0.349 e. The summed E-state index contributed by atoms with van der Waals surface area (Å²) in [4.78, 5) is 25.0. The molecule has 4 nitrogen and oxygen atoms in total. The van der Waals surface area contributed by atoms with Gasteiger partial charge in [-0.3, -0.25) is 9.59 Å². The zero-order valence-corrected chi connectivity index (χ0v) is 14.7. The van der Waals surface area contributed by atoms with Crippen LogP contribution in [0.4, 0.5) is 5.69 Å². The van der Waals surface area contributed by atoms with Crippen LogP contribution in [-0.4, -0.2) is 11.8 Å². The first kappa shape index (κ1) is 18.0. The van der Waals surface area contributed by atoms with Gasteiger partial charge in [-0.25, -0.2) is 0 Å². The normalized spacial score (nSPS) is 12.3. The molecule has 2 N–H and O–H groups in total. The van der Waals surface area contributed by atoms with E-state index in [4.69, 9.17) is 11.6 Å². The second-order valence-electron chi connectivity index (χ2n) is 6.19. The van der Waals surface area contributed by atoms with E-state index in [0.717, 1.165) is 5.56 Å². The van der Waals surface area contributed by atoms with Crippen LogP contribution in [0, 0.1) is 5.41 Å². The number of carbonyl (C=O) groups excluding carboxylic acids is 2. The Bertz CT molecular complexity index is 712. The lowest BCUT2D eigenvalue weighted by Gasteiger charge is -2.25. The Morgan fingerprint density at radius 1 is 0.958 bits per heavy atom. The first-order valence-electron chi connectivity index (χ1n) is 7.73. The second kappa shape index (κ2) is 7.49. The van der Waals surface area contributed by atoms with Crippen LogP contribution >= 0.6 is 11.6 Å². The quantitative estimate of drug-likeness (QED) is 0.799. The highest BCUT2D eigenvalue weighted by molar-refractivity contribution is 6.30. The maximum absolute atomic E-state index is 12.5. The molecule has 0 aliphatic rings. The molecule has 0 aliphatic heterocycles. The highest BCUT2D eigenvalue weighted by Gasteiger charge is 2.36. The van der Waals surface area contributed by atoms with Crippen molar-refractivity contribution in [3.8, 4) is 0 Å². The van der Waals surface area contributed by atoms with Crippen molar-refractivity contribution < 1.29 is 9.59 Å². The highest BCUT2D eigenvalue weighted by Crippen LogP contribution is 2.22. The summed E-state index contributed by atoms with van der Waals surface area (Å²) in [6.45, 7) is 5.09. The summed E-state index contributed by atoms with van der Waals surface area (Å²) in [5.41, 5.74) is 0.379. The summed E-state index contributed by atoms with van der Waals surface area (Å²) < 4.78 is 0. The van der Waals surface area contributed by atoms with E-state index in [1.54, 1.807) is 38.1 Å². The molecule has 0 saturated heterocycles. The molecule has 0 aromatic heterocycles. The molecule has 2 aromatic carbocycles. The fraction of sp³-hybridized carbons (Fsp3) is 0.263. The third-order valence-electron chi connectivity index (χ3n) is 3.88. The summed E-state index contributed by atoms with van der Waals surface area (Å²) in [6, 6.07) is 16.2. The standard InChI is InChI=1S/C19H21ClN2O2/c1-13(14-7-5-4-6-8-14)21-17(23)19(2,3)18(24)22-16-11-9-15(20)10-12-16/h4-13H,1-3H3,(H,21,23)(H,22,24). The molecule has 1 atom stereocenters. The number of amides is 2. The number of anilines is 1. The highest BCUT2D eigenvalue weighted by atomic mass is 35.5. The predicted molar refractivity (Wildman–Crippen MR) is 96.9 cm³/mol. The Morgan fingerprint density at radius 3 is 2.12 bits per heavy atom. The topological polar surface area (TPSA) is 58.2 Å². The Morgan fingerprint density at radius 2 is 1.54 bits per heavy atom. The van der Waals surface area contributed by atoms with Crippen molar-refractivity contribution in [2.24, 2.45) is 5.41 Å². The van der Waals surface area contributed by atoms with E-state index in [1.807, 2.05) is 37.3 Å². The molecule has 2 amide bonds. The summed E-state index contributed by atoms with van der Waals surface area (Å²) in [6.07, 6.45) is 0. The SMILES string of the molecule is CC(NC(=O)C(C)(C)C(=O)Nc1ccc(Cl)cc1)c1ccccc1. The molecule has 0 fully saturated rings. The lowest BCUT2D eigenvalue weighted by molar-refractivity contribution is -0.138. The number of hydrogen-bond acceptors (Lipinski definition) is 2. The fourth-order valence-electron chi connectivity index (χ4n) is 2.13. The van der Waals surface area contributed by atoms with Crippen LogP contribution < -0.4 is 10.6 Å². The van der Waals surface area contributed by atoms with Gasteiger partial charge in [-0.05, 0) is 50.6 Å². The smallest absolute Gasteiger partial charge is 0.239 e. The molecular formula is C19H21ClN2O2. The molecule has 5 heteroatoms. The van der Waals surface area contributed by atoms with Gasteiger partial charge in [0.05, 0.1) is 6.04 Å². The van der Waals surface area contributed by atoms with Crippen LogP contribution in [0.3, 0.4) is 0 Å². The van der Waals surface area contributed by atoms with Crippen molar-refractivity contribution in [3.63, 3.8) is 0 Å². The first-order chi connectivity index (χ1) is 11.3. The minimum Gasteiger partial charge on any atom is -0.349 e. The maximum atomic E-state index is 12.5. The molecule has 2 rings (SSSR count). The van der Waals surface area contributed by atoms with Crippen molar-refractivity contribution in [1.29, 1.82) is 0 Å². The van der Waals surface area contributed by atoms with Gasteiger partial charge in [0.1, 0.15) is 5.41 Å². The molecule has 0 heterocycles. The van der Waals surface area contributed by atoms with E-state index < -0.39 is 5.41 Å². The third-order valence-corrected chi connectivity index (χ3v) is 4.14. The molecular weight excluding hydrogens is 324 g/mol. The van der Waals surface area contributed by atoms with E-state index in [-0.39, 0.29) is 17.9 Å². The summed E-state index contributed by atoms with van der Waals surface area (Å²) in [5.74, 6) is -0.701. The Labute approximate surface area is 147 Å². The van der Waals surface area contributed by atoms with Crippen molar-refractivity contribution in [3.05, 3.63) is 65.2 Å². The van der Waals surface area contributed by atoms with Gasteiger partial charge in [0, 0.05) is 10.7 Å². The summed E-state index contributed by atoms with van der Waals surface area (Å²) in [5, 5.41) is 6.22. The number of carbonyl (C=O) groups is 2. The van der Waals surface area contributed by atoms with Crippen molar-refractivity contribution in [1.82, 2.24) is 5.32 Å². The van der Waals surface area contributed by atoms with Gasteiger partial charge in [0.2, 0.25) is 11.8 Å². The molecule has 2 aromatic rings. The van der Waals surface area contributed by atoms with Gasteiger partial charge in [-0.2, -0.15) is 0 Å². The van der Waals surface area contributed by atoms with Crippen LogP contribution in [0.1, 0.15) is 32.4 Å². The average Bonchev–Trinajstić information content (AvgIpc) is 2.57. The van der Waals surface area contributed by atoms with Gasteiger partial charge < -0.3 is 10.6 Å². The van der Waals surface area contributed by atoms with E-state index in [0.29, 0.717) is 10.7 Å². The summed E-state index contributed by atoms with van der Waals surface area (Å²) >= 11 is 5.83. The molecule has 0 radical (unpaired) electrons. The minimum atomic E-state index is -1.21. The molecule has 24 heavy (non-hydrogen) atoms. The van der Waals surface area contributed by atoms with Crippen LogP contribution in [0.2, 0.25) is 5.02 Å². The van der Waals surface area contributed by atoms with Crippen LogP contribution in [0.5, 0.6) is 0 Å². The van der Waals surface area contributed by atoms with Crippen molar-refractivity contribution in [2.75, 3.05) is 5.32 Å². The molecule has 0 aliphatic carbocycles. The van der Waals surface area contributed by atoms with E-state index in [2.05, 4.69) is 10.6 Å². The second-order valence-corrected chi connectivity index (χ2v) is 6.63. The molecule has 0 bridgehead atoms. The van der Waals surface area contributed by atoms with Gasteiger partial charge in [0.25, 0.3) is 0 Å². The fourth-order valence-corrected chi connectivity index (χ4v) is 2.25. The Kier molecular flexibility index (Phi) is 5.62. The van der Waals surface area contributed by atoms with Crippen molar-refractivity contribution >= 4 is 29.1 Å². The number of hydrogen-bond donors (Lipinski definition) is 2. The number of nitrogens with one attached hydrogen (secondary N) is 2. The van der Waals surface area contributed by atoms with Gasteiger partial charge in [-0.15, -0.1) is 0 Å². The summed E-state index contributed by atoms with van der Waals surface area (Å²) in [7, 11) is 0. The maximum Gasteiger partial charge on any atom is 0.239 e. The van der Waals surface area contributed by atoms with Crippen LogP contribution in [0.15, 0.2) is 54.6 Å². The predicted octanol–water partition coefficient (Wildman–Crippen LogP) is 4.18. The number of benzene rings is 2. The first-order valence-corrected chi connectivity index (χ1v) is 8.11. The lowest BCUT2D eigenvalue weighted by Crippen LogP contribution is -2.45.